The van der Waals surface area contributed by atoms with Gasteiger partial charge < -0.3 is 5.11 Å². The van der Waals surface area contributed by atoms with Gasteiger partial charge in [-0.1, -0.05) is 30.3 Å². The summed E-state index contributed by atoms with van der Waals surface area (Å²) in [4.78, 5) is 0. The third-order valence-electron chi connectivity index (χ3n) is 4.86. The molecule has 0 radical (unpaired) electrons. The van der Waals surface area contributed by atoms with Crippen LogP contribution in [0.4, 0.5) is 0 Å². The van der Waals surface area contributed by atoms with E-state index in [-0.39, 0.29) is 5.60 Å². The molecule has 3 atom stereocenters. The van der Waals surface area contributed by atoms with Crippen LogP contribution in [-0.2, 0) is 6.42 Å². The maximum Gasteiger partial charge on any atom is 0.0678 e. The van der Waals surface area contributed by atoms with Gasteiger partial charge in [-0.15, -0.1) is 0 Å². The molecule has 2 aliphatic carbocycles. The molecular weight excluding hydrogens is 208 g/mol. The van der Waals surface area contributed by atoms with Crippen LogP contribution in [0.25, 0.3) is 0 Å². The number of fused-ring (bicyclic) bond motifs is 2. The van der Waals surface area contributed by atoms with E-state index in [0.717, 1.165) is 31.6 Å². The van der Waals surface area contributed by atoms with Gasteiger partial charge in [0, 0.05) is 0 Å². The summed E-state index contributed by atoms with van der Waals surface area (Å²) in [5, 5.41) is 10.7. The summed E-state index contributed by atoms with van der Waals surface area (Å²) in [6.07, 6.45) is 8.25. The van der Waals surface area contributed by atoms with E-state index in [1.54, 1.807) is 0 Å². The molecule has 1 nitrogen and oxygen atoms in total. The third-order valence-corrected chi connectivity index (χ3v) is 4.86. The Kier molecular flexibility index (Phi) is 2.96. The second kappa shape index (κ2) is 4.45. The van der Waals surface area contributed by atoms with Crippen molar-refractivity contribution in [1.82, 2.24) is 0 Å². The van der Waals surface area contributed by atoms with E-state index >= 15 is 0 Å². The van der Waals surface area contributed by atoms with Gasteiger partial charge in [0.2, 0.25) is 0 Å². The number of aryl methyl sites for hydroxylation is 1. The Morgan fingerprint density at radius 1 is 1.18 bits per heavy atom. The van der Waals surface area contributed by atoms with Crippen molar-refractivity contribution in [3.8, 4) is 0 Å². The Balaban J connectivity index is 1.52. The fraction of sp³-hybridized carbons (Fsp3) is 0.625. The predicted molar refractivity (Wildman–Crippen MR) is 69.8 cm³/mol. The lowest BCUT2D eigenvalue weighted by molar-refractivity contribution is -0.0219. The second-order valence-corrected chi connectivity index (χ2v) is 6.02. The highest BCUT2D eigenvalue weighted by molar-refractivity contribution is 5.14. The van der Waals surface area contributed by atoms with E-state index in [0.29, 0.717) is 5.92 Å². The lowest BCUT2D eigenvalue weighted by atomic mass is 9.80. The van der Waals surface area contributed by atoms with Crippen LogP contribution in [0, 0.1) is 11.8 Å². The first kappa shape index (κ1) is 11.3. The molecule has 3 rings (SSSR count). The van der Waals surface area contributed by atoms with Crippen molar-refractivity contribution in [2.24, 2.45) is 11.8 Å². The minimum Gasteiger partial charge on any atom is -0.390 e. The lowest BCUT2D eigenvalue weighted by Crippen LogP contribution is -2.35. The summed E-state index contributed by atoms with van der Waals surface area (Å²) < 4.78 is 0. The van der Waals surface area contributed by atoms with Crippen molar-refractivity contribution < 1.29 is 5.11 Å². The van der Waals surface area contributed by atoms with Gasteiger partial charge in [0.05, 0.1) is 5.60 Å². The molecule has 0 amide bonds. The fourth-order valence-corrected chi connectivity index (χ4v) is 3.96. The molecule has 0 spiro atoms. The standard InChI is InChI=1S/C16H22O/c17-16(12-14-8-9-15(16)11-14)10-4-7-13-5-2-1-3-6-13/h1-3,5-6,14-15,17H,4,7-12H2/t14-,15+,16-/m1/s1. The molecule has 1 aromatic rings. The van der Waals surface area contributed by atoms with E-state index in [1.165, 1.54) is 24.8 Å². The van der Waals surface area contributed by atoms with Gasteiger partial charge in [0.15, 0.2) is 0 Å². The Hall–Kier alpha value is -0.820. The van der Waals surface area contributed by atoms with E-state index in [4.69, 9.17) is 0 Å². The Morgan fingerprint density at radius 3 is 2.65 bits per heavy atom. The molecule has 0 heterocycles. The van der Waals surface area contributed by atoms with Crippen LogP contribution >= 0.6 is 0 Å². The summed E-state index contributed by atoms with van der Waals surface area (Å²) in [5.74, 6) is 1.45. The zero-order chi connectivity index (χ0) is 11.7. The van der Waals surface area contributed by atoms with Crippen molar-refractivity contribution in [3.63, 3.8) is 0 Å². The molecule has 1 aromatic carbocycles. The van der Waals surface area contributed by atoms with E-state index < -0.39 is 0 Å². The zero-order valence-corrected chi connectivity index (χ0v) is 10.4. The normalized spacial score (nSPS) is 35.4. The molecule has 17 heavy (non-hydrogen) atoms. The van der Waals surface area contributed by atoms with Gasteiger partial charge in [-0.25, -0.2) is 0 Å². The molecule has 0 unspecified atom stereocenters. The third kappa shape index (κ3) is 2.26. The monoisotopic (exact) mass is 230 g/mol. The van der Waals surface area contributed by atoms with Crippen molar-refractivity contribution in [1.29, 1.82) is 0 Å². The van der Waals surface area contributed by atoms with Crippen LogP contribution in [0.3, 0.4) is 0 Å². The molecule has 0 aliphatic heterocycles. The fourth-order valence-electron chi connectivity index (χ4n) is 3.96. The van der Waals surface area contributed by atoms with E-state index in [1.807, 2.05) is 0 Å². The average molecular weight is 230 g/mol. The Morgan fingerprint density at radius 2 is 2.00 bits per heavy atom. The van der Waals surface area contributed by atoms with Gasteiger partial charge in [-0.05, 0) is 62.3 Å². The predicted octanol–water partition coefficient (Wildman–Crippen LogP) is 3.56. The largest absolute Gasteiger partial charge is 0.390 e. The van der Waals surface area contributed by atoms with Crippen molar-refractivity contribution in [2.75, 3.05) is 0 Å². The van der Waals surface area contributed by atoms with Gasteiger partial charge in [0.25, 0.3) is 0 Å². The first-order chi connectivity index (χ1) is 8.26. The number of rotatable bonds is 4. The van der Waals surface area contributed by atoms with Gasteiger partial charge >= 0.3 is 0 Å². The zero-order valence-electron chi connectivity index (χ0n) is 10.4. The van der Waals surface area contributed by atoms with Crippen LogP contribution in [0.15, 0.2) is 30.3 Å². The summed E-state index contributed by atoms with van der Waals surface area (Å²) in [7, 11) is 0. The Labute approximate surface area is 104 Å². The van der Waals surface area contributed by atoms with Gasteiger partial charge in [-0.3, -0.25) is 0 Å². The maximum atomic E-state index is 10.7. The number of hydrogen-bond acceptors (Lipinski definition) is 1. The topological polar surface area (TPSA) is 20.2 Å². The maximum absolute atomic E-state index is 10.7. The molecule has 1 heteroatoms. The highest BCUT2D eigenvalue weighted by Crippen LogP contribution is 2.52. The molecular formula is C16H22O. The van der Waals surface area contributed by atoms with Gasteiger partial charge in [-0.2, -0.15) is 0 Å². The SMILES string of the molecule is O[C@]1(CCCc2ccccc2)C[C@@H]2CC[C@H]1C2. The molecule has 2 aliphatic rings. The van der Waals surface area contributed by atoms with Crippen molar-refractivity contribution in [2.45, 2.75) is 50.5 Å². The minimum atomic E-state index is -0.308. The summed E-state index contributed by atoms with van der Waals surface area (Å²) >= 11 is 0. The quantitative estimate of drug-likeness (QED) is 0.838. The van der Waals surface area contributed by atoms with Crippen LogP contribution in [0.1, 0.15) is 44.1 Å². The first-order valence-corrected chi connectivity index (χ1v) is 7.02. The highest BCUT2D eigenvalue weighted by atomic mass is 16.3. The summed E-state index contributed by atoms with van der Waals surface area (Å²) in [6.45, 7) is 0. The van der Waals surface area contributed by atoms with Crippen LogP contribution in [-0.4, -0.2) is 10.7 Å². The molecule has 2 bridgehead atoms. The number of hydrogen-bond donors (Lipinski definition) is 1. The Bertz CT molecular complexity index is 372. The van der Waals surface area contributed by atoms with E-state index in [2.05, 4.69) is 30.3 Å². The van der Waals surface area contributed by atoms with Crippen molar-refractivity contribution >= 4 is 0 Å². The highest BCUT2D eigenvalue weighted by Gasteiger charge is 2.49. The van der Waals surface area contributed by atoms with Crippen LogP contribution in [0.5, 0.6) is 0 Å². The number of benzene rings is 1. The first-order valence-electron chi connectivity index (χ1n) is 7.02. The van der Waals surface area contributed by atoms with Crippen LogP contribution < -0.4 is 0 Å². The molecule has 0 aromatic heterocycles. The second-order valence-electron chi connectivity index (χ2n) is 6.02. The lowest BCUT2D eigenvalue weighted by Gasteiger charge is -2.32. The summed E-state index contributed by atoms with van der Waals surface area (Å²) in [5.41, 5.74) is 1.09. The molecule has 1 N–H and O–H groups in total. The van der Waals surface area contributed by atoms with Crippen LogP contribution in [0.2, 0.25) is 0 Å². The molecule has 2 fully saturated rings. The molecule has 2 saturated carbocycles. The smallest absolute Gasteiger partial charge is 0.0678 e. The summed E-state index contributed by atoms with van der Waals surface area (Å²) in [6, 6.07) is 10.6. The molecule has 0 saturated heterocycles. The van der Waals surface area contributed by atoms with Crippen molar-refractivity contribution in [3.05, 3.63) is 35.9 Å². The van der Waals surface area contributed by atoms with Gasteiger partial charge in [0.1, 0.15) is 0 Å². The number of aliphatic hydroxyl groups is 1. The minimum absolute atomic E-state index is 0.308. The average Bonchev–Trinajstić information content (AvgIpc) is 2.90. The molecule has 92 valence electrons. The van der Waals surface area contributed by atoms with E-state index in [9.17, 15) is 5.11 Å².